The molecule has 0 aromatic heterocycles. The standard InChI is InChI=1S/C16H26N2OS/c1-6-12(3)18(13(4)7-2)16(20)17-14-10-8-9-11-15(14)19-5/h8-13H,6-7H2,1-5H3,(H,17,20). The molecule has 0 aliphatic heterocycles. The first-order valence-corrected chi connectivity index (χ1v) is 7.68. The highest BCUT2D eigenvalue weighted by Crippen LogP contribution is 2.24. The topological polar surface area (TPSA) is 24.5 Å². The highest BCUT2D eigenvalue weighted by atomic mass is 32.1. The molecule has 0 aliphatic rings. The molecule has 0 radical (unpaired) electrons. The molecule has 3 nitrogen and oxygen atoms in total. The SMILES string of the molecule is CCC(C)N(C(=S)Nc1ccccc1OC)C(C)CC. The van der Waals surface area contributed by atoms with Crippen molar-refractivity contribution < 1.29 is 4.74 Å². The number of anilines is 1. The van der Waals surface area contributed by atoms with Crippen molar-refractivity contribution in [3.63, 3.8) is 0 Å². The number of methoxy groups -OCH3 is 1. The van der Waals surface area contributed by atoms with E-state index in [0.717, 1.165) is 29.4 Å². The summed E-state index contributed by atoms with van der Waals surface area (Å²) in [6.07, 6.45) is 2.14. The summed E-state index contributed by atoms with van der Waals surface area (Å²) in [4.78, 5) is 2.28. The molecule has 0 aliphatic carbocycles. The van der Waals surface area contributed by atoms with Gasteiger partial charge in [-0.3, -0.25) is 0 Å². The third kappa shape index (κ3) is 4.10. The molecule has 0 saturated carbocycles. The third-order valence-electron chi connectivity index (χ3n) is 3.71. The summed E-state index contributed by atoms with van der Waals surface area (Å²) in [6.45, 7) is 8.79. The van der Waals surface area contributed by atoms with E-state index in [-0.39, 0.29) is 0 Å². The maximum absolute atomic E-state index is 5.61. The molecule has 0 saturated heterocycles. The van der Waals surface area contributed by atoms with Crippen LogP contribution in [-0.4, -0.2) is 29.2 Å². The highest BCUT2D eigenvalue weighted by Gasteiger charge is 2.21. The van der Waals surface area contributed by atoms with Gasteiger partial charge in [0.05, 0.1) is 12.8 Å². The van der Waals surface area contributed by atoms with Crippen LogP contribution in [-0.2, 0) is 0 Å². The minimum Gasteiger partial charge on any atom is -0.495 e. The van der Waals surface area contributed by atoms with Crippen molar-refractivity contribution in [2.75, 3.05) is 12.4 Å². The van der Waals surface area contributed by atoms with Crippen LogP contribution in [0.2, 0.25) is 0 Å². The fraction of sp³-hybridized carbons (Fsp3) is 0.562. The number of ether oxygens (including phenoxy) is 1. The Kier molecular flexibility index (Phi) is 6.79. The van der Waals surface area contributed by atoms with E-state index in [2.05, 4.69) is 37.9 Å². The molecule has 0 spiro atoms. The number of hydrogen-bond donors (Lipinski definition) is 1. The smallest absolute Gasteiger partial charge is 0.174 e. The molecule has 2 unspecified atom stereocenters. The zero-order valence-electron chi connectivity index (χ0n) is 13.1. The first kappa shape index (κ1) is 16.8. The number of para-hydroxylation sites is 2. The van der Waals surface area contributed by atoms with Gasteiger partial charge in [0.2, 0.25) is 0 Å². The van der Waals surface area contributed by atoms with E-state index >= 15 is 0 Å². The van der Waals surface area contributed by atoms with E-state index in [9.17, 15) is 0 Å². The van der Waals surface area contributed by atoms with Crippen molar-refractivity contribution in [3.05, 3.63) is 24.3 Å². The van der Waals surface area contributed by atoms with E-state index in [4.69, 9.17) is 17.0 Å². The Labute approximate surface area is 128 Å². The number of benzene rings is 1. The molecule has 1 aromatic carbocycles. The monoisotopic (exact) mass is 294 g/mol. The molecule has 0 bridgehead atoms. The Morgan fingerprint density at radius 2 is 1.75 bits per heavy atom. The van der Waals surface area contributed by atoms with Gasteiger partial charge in [-0.1, -0.05) is 26.0 Å². The quantitative estimate of drug-likeness (QED) is 0.791. The molecular weight excluding hydrogens is 268 g/mol. The summed E-state index contributed by atoms with van der Waals surface area (Å²) >= 11 is 5.61. The predicted molar refractivity (Wildman–Crippen MR) is 90.6 cm³/mol. The van der Waals surface area contributed by atoms with Gasteiger partial charge in [-0.05, 0) is 51.0 Å². The first-order chi connectivity index (χ1) is 9.54. The number of hydrogen-bond acceptors (Lipinski definition) is 2. The molecule has 0 amide bonds. The second-order valence-corrected chi connectivity index (χ2v) is 5.44. The van der Waals surface area contributed by atoms with Crippen LogP contribution in [0.5, 0.6) is 5.75 Å². The third-order valence-corrected chi connectivity index (χ3v) is 4.03. The van der Waals surface area contributed by atoms with Gasteiger partial charge in [-0.25, -0.2) is 0 Å². The Balaban J connectivity index is 2.90. The predicted octanol–water partition coefficient (Wildman–Crippen LogP) is 4.29. The molecule has 2 atom stereocenters. The molecule has 1 rings (SSSR count). The van der Waals surface area contributed by atoms with Crippen LogP contribution in [0.3, 0.4) is 0 Å². The molecule has 112 valence electrons. The number of nitrogens with one attached hydrogen (secondary N) is 1. The zero-order chi connectivity index (χ0) is 15.1. The fourth-order valence-electron chi connectivity index (χ4n) is 2.16. The second-order valence-electron chi connectivity index (χ2n) is 5.05. The van der Waals surface area contributed by atoms with Gasteiger partial charge >= 0.3 is 0 Å². The number of nitrogens with zero attached hydrogens (tertiary/aromatic N) is 1. The maximum atomic E-state index is 5.61. The van der Waals surface area contributed by atoms with E-state index in [1.54, 1.807) is 7.11 Å². The summed E-state index contributed by atoms with van der Waals surface area (Å²) in [5, 5.41) is 4.09. The molecule has 1 aromatic rings. The van der Waals surface area contributed by atoms with Gasteiger partial charge in [0.25, 0.3) is 0 Å². The van der Waals surface area contributed by atoms with Gasteiger partial charge in [0, 0.05) is 12.1 Å². The Hall–Kier alpha value is -1.29. The Morgan fingerprint density at radius 1 is 1.20 bits per heavy atom. The van der Waals surface area contributed by atoms with Crippen molar-refractivity contribution in [2.45, 2.75) is 52.6 Å². The average Bonchev–Trinajstić information content (AvgIpc) is 2.47. The minimum absolute atomic E-state index is 0.416. The number of rotatable bonds is 6. The summed E-state index contributed by atoms with van der Waals surface area (Å²) in [7, 11) is 1.67. The van der Waals surface area contributed by atoms with Crippen molar-refractivity contribution in [1.29, 1.82) is 0 Å². The van der Waals surface area contributed by atoms with Gasteiger partial charge in [0.15, 0.2) is 5.11 Å². The van der Waals surface area contributed by atoms with Crippen LogP contribution >= 0.6 is 12.2 Å². The van der Waals surface area contributed by atoms with E-state index in [1.165, 1.54) is 0 Å². The summed E-state index contributed by atoms with van der Waals surface area (Å²) < 4.78 is 5.36. The van der Waals surface area contributed by atoms with Crippen molar-refractivity contribution in [2.24, 2.45) is 0 Å². The Bertz CT molecular complexity index is 426. The first-order valence-electron chi connectivity index (χ1n) is 7.27. The summed E-state index contributed by atoms with van der Waals surface area (Å²) in [6, 6.07) is 8.68. The average molecular weight is 294 g/mol. The lowest BCUT2D eigenvalue weighted by atomic mass is 10.1. The molecule has 20 heavy (non-hydrogen) atoms. The highest BCUT2D eigenvalue weighted by molar-refractivity contribution is 7.80. The molecule has 0 heterocycles. The van der Waals surface area contributed by atoms with Gasteiger partial charge in [-0.15, -0.1) is 0 Å². The second kappa shape index (κ2) is 8.10. The van der Waals surface area contributed by atoms with Crippen LogP contribution in [0.1, 0.15) is 40.5 Å². The van der Waals surface area contributed by atoms with Crippen molar-refractivity contribution in [3.8, 4) is 5.75 Å². The van der Waals surface area contributed by atoms with Crippen molar-refractivity contribution >= 4 is 23.0 Å². The van der Waals surface area contributed by atoms with Gasteiger partial charge in [0.1, 0.15) is 5.75 Å². The molecule has 0 fully saturated rings. The maximum Gasteiger partial charge on any atom is 0.174 e. The Morgan fingerprint density at radius 3 is 2.25 bits per heavy atom. The van der Waals surface area contributed by atoms with Crippen LogP contribution < -0.4 is 10.1 Å². The normalized spacial score (nSPS) is 13.4. The van der Waals surface area contributed by atoms with Crippen LogP contribution in [0.15, 0.2) is 24.3 Å². The summed E-state index contributed by atoms with van der Waals surface area (Å²) in [5.41, 5.74) is 0.914. The van der Waals surface area contributed by atoms with Crippen LogP contribution in [0.4, 0.5) is 5.69 Å². The molecule has 1 N–H and O–H groups in total. The van der Waals surface area contributed by atoms with Crippen LogP contribution in [0, 0.1) is 0 Å². The van der Waals surface area contributed by atoms with Gasteiger partial charge in [-0.2, -0.15) is 0 Å². The van der Waals surface area contributed by atoms with E-state index < -0.39 is 0 Å². The minimum atomic E-state index is 0.416. The molecule has 4 heteroatoms. The number of thiocarbonyl (C=S) groups is 1. The lowest BCUT2D eigenvalue weighted by molar-refractivity contribution is 0.254. The fourth-order valence-corrected chi connectivity index (χ4v) is 2.63. The van der Waals surface area contributed by atoms with E-state index in [0.29, 0.717) is 12.1 Å². The molecular formula is C16H26N2OS. The van der Waals surface area contributed by atoms with Gasteiger partial charge < -0.3 is 15.0 Å². The van der Waals surface area contributed by atoms with E-state index in [1.807, 2.05) is 24.3 Å². The largest absolute Gasteiger partial charge is 0.495 e. The lowest BCUT2D eigenvalue weighted by Gasteiger charge is -2.36. The van der Waals surface area contributed by atoms with Crippen LogP contribution in [0.25, 0.3) is 0 Å². The zero-order valence-corrected chi connectivity index (χ0v) is 14.0. The lowest BCUT2D eigenvalue weighted by Crippen LogP contribution is -2.46. The van der Waals surface area contributed by atoms with Crippen molar-refractivity contribution in [1.82, 2.24) is 4.90 Å². The summed E-state index contributed by atoms with van der Waals surface area (Å²) in [5.74, 6) is 0.808.